The maximum Gasteiger partial charge on any atom is 0.0477 e. The summed E-state index contributed by atoms with van der Waals surface area (Å²) in [5.41, 5.74) is 5.21. The molecule has 0 bridgehead atoms. The SMILES string of the molecule is CCCCCCCC(NN)c1cccnc1C. The molecule has 1 heterocycles. The van der Waals surface area contributed by atoms with Crippen LogP contribution in [0.2, 0.25) is 0 Å². The van der Waals surface area contributed by atoms with Gasteiger partial charge >= 0.3 is 0 Å². The molecule has 0 aromatic carbocycles. The number of aryl methyl sites for hydroxylation is 1. The van der Waals surface area contributed by atoms with Crippen molar-refractivity contribution in [2.45, 2.75) is 58.4 Å². The predicted octanol–water partition coefficient (Wildman–Crippen LogP) is 3.25. The molecular formula is C14H25N3. The smallest absolute Gasteiger partial charge is 0.0477 e. The number of pyridine rings is 1. The van der Waals surface area contributed by atoms with Gasteiger partial charge < -0.3 is 0 Å². The highest BCUT2D eigenvalue weighted by molar-refractivity contribution is 5.22. The summed E-state index contributed by atoms with van der Waals surface area (Å²) in [7, 11) is 0. The first-order chi connectivity index (χ1) is 8.29. The molecule has 1 rings (SSSR count). The predicted molar refractivity (Wildman–Crippen MR) is 72.4 cm³/mol. The third-order valence-electron chi connectivity index (χ3n) is 3.22. The van der Waals surface area contributed by atoms with Crippen molar-refractivity contribution in [3.63, 3.8) is 0 Å². The number of hydrogen-bond donors (Lipinski definition) is 2. The van der Waals surface area contributed by atoms with E-state index in [9.17, 15) is 0 Å². The molecule has 3 N–H and O–H groups in total. The molecule has 0 aliphatic rings. The Hall–Kier alpha value is -0.930. The third kappa shape index (κ3) is 4.84. The van der Waals surface area contributed by atoms with Gasteiger partial charge in [-0.15, -0.1) is 0 Å². The minimum absolute atomic E-state index is 0.241. The minimum atomic E-state index is 0.241. The zero-order valence-corrected chi connectivity index (χ0v) is 11.1. The molecule has 1 unspecified atom stereocenters. The molecule has 0 saturated heterocycles. The highest BCUT2D eigenvalue weighted by Gasteiger charge is 2.11. The van der Waals surface area contributed by atoms with E-state index in [0.717, 1.165) is 12.1 Å². The lowest BCUT2D eigenvalue weighted by Gasteiger charge is -2.17. The lowest BCUT2D eigenvalue weighted by Crippen LogP contribution is -2.28. The van der Waals surface area contributed by atoms with Crippen LogP contribution in [-0.4, -0.2) is 4.98 Å². The van der Waals surface area contributed by atoms with Crippen molar-refractivity contribution < 1.29 is 0 Å². The molecule has 17 heavy (non-hydrogen) atoms. The molecule has 3 nitrogen and oxygen atoms in total. The first-order valence-electron chi connectivity index (χ1n) is 6.67. The number of nitrogens with one attached hydrogen (secondary N) is 1. The van der Waals surface area contributed by atoms with E-state index in [2.05, 4.69) is 23.4 Å². The van der Waals surface area contributed by atoms with Gasteiger partial charge in [0.25, 0.3) is 0 Å². The Balaban J connectivity index is 2.41. The molecule has 0 saturated carbocycles. The van der Waals surface area contributed by atoms with Crippen LogP contribution in [0.25, 0.3) is 0 Å². The number of unbranched alkanes of at least 4 members (excludes halogenated alkanes) is 4. The van der Waals surface area contributed by atoms with Crippen LogP contribution in [0.4, 0.5) is 0 Å². The first kappa shape index (κ1) is 14.1. The van der Waals surface area contributed by atoms with Gasteiger partial charge in [0.2, 0.25) is 0 Å². The summed E-state index contributed by atoms with van der Waals surface area (Å²) >= 11 is 0. The van der Waals surface area contributed by atoms with E-state index in [1.165, 1.54) is 37.7 Å². The summed E-state index contributed by atoms with van der Waals surface area (Å²) in [4.78, 5) is 4.31. The largest absolute Gasteiger partial charge is 0.271 e. The van der Waals surface area contributed by atoms with Crippen molar-refractivity contribution in [2.75, 3.05) is 0 Å². The maximum absolute atomic E-state index is 5.64. The Morgan fingerprint density at radius 2 is 2.06 bits per heavy atom. The number of rotatable bonds is 8. The summed E-state index contributed by atoms with van der Waals surface area (Å²) in [5.74, 6) is 5.64. The number of hydrazine groups is 1. The molecular weight excluding hydrogens is 210 g/mol. The van der Waals surface area contributed by atoms with Gasteiger partial charge in [-0.25, -0.2) is 0 Å². The zero-order valence-electron chi connectivity index (χ0n) is 11.1. The molecule has 0 fully saturated rings. The Kier molecular flexibility index (Phi) is 6.82. The summed E-state index contributed by atoms with van der Waals surface area (Å²) in [5, 5.41) is 0. The van der Waals surface area contributed by atoms with Crippen LogP contribution < -0.4 is 11.3 Å². The zero-order chi connectivity index (χ0) is 12.5. The average molecular weight is 235 g/mol. The molecule has 3 heteroatoms. The normalized spacial score (nSPS) is 12.6. The molecule has 1 atom stereocenters. The number of hydrogen-bond acceptors (Lipinski definition) is 3. The summed E-state index contributed by atoms with van der Waals surface area (Å²) in [6, 6.07) is 4.33. The Morgan fingerprint density at radius 3 is 2.71 bits per heavy atom. The van der Waals surface area contributed by atoms with Gasteiger partial charge in [-0.05, 0) is 25.0 Å². The number of aromatic nitrogens is 1. The highest BCUT2D eigenvalue weighted by Crippen LogP contribution is 2.21. The molecule has 0 amide bonds. The van der Waals surface area contributed by atoms with E-state index in [1.54, 1.807) is 0 Å². The minimum Gasteiger partial charge on any atom is -0.271 e. The van der Waals surface area contributed by atoms with Crippen LogP contribution in [-0.2, 0) is 0 Å². The van der Waals surface area contributed by atoms with Crippen LogP contribution in [0, 0.1) is 6.92 Å². The topological polar surface area (TPSA) is 50.9 Å². The number of nitrogens with zero attached hydrogens (tertiary/aromatic N) is 1. The molecule has 0 aliphatic heterocycles. The Bertz CT molecular complexity index is 312. The van der Waals surface area contributed by atoms with Crippen molar-refractivity contribution in [3.05, 3.63) is 29.6 Å². The van der Waals surface area contributed by atoms with E-state index >= 15 is 0 Å². The quantitative estimate of drug-likeness (QED) is 0.413. The molecule has 0 spiro atoms. The lowest BCUT2D eigenvalue weighted by atomic mass is 9.99. The van der Waals surface area contributed by atoms with E-state index in [1.807, 2.05) is 19.2 Å². The lowest BCUT2D eigenvalue weighted by molar-refractivity contribution is 0.476. The Labute approximate surface area is 105 Å². The molecule has 1 aromatic rings. The summed E-state index contributed by atoms with van der Waals surface area (Å²) in [6.07, 6.45) is 9.40. The van der Waals surface area contributed by atoms with Crippen LogP contribution in [0.15, 0.2) is 18.3 Å². The molecule has 1 aromatic heterocycles. The van der Waals surface area contributed by atoms with E-state index in [-0.39, 0.29) is 6.04 Å². The van der Waals surface area contributed by atoms with Gasteiger partial charge in [0, 0.05) is 17.9 Å². The van der Waals surface area contributed by atoms with Gasteiger partial charge in [-0.1, -0.05) is 45.1 Å². The molecule has 0 aliphatic carbocycles. The van der Waals surface area contributed by atoms with Gasteiger partial charge in [-0.2, -0.15) is 0 Å². The van der Waals surface area contributed by atoms with Gasteiger partial charge in [0.15, 0.2) is 0 Å². The van der Waals surface area contributed by atoms with Crippen LogP contribution in [0.3, 0.4) is 0 Å². The molecule has 0 radical (unpaired) electrons. The maximum atomic E-state index is 5.64. The number of nitrogens with two attached hydrogens (primary N) is 1. The fourth-order valence-electron chi connectivity index (χ4n) is 2.15. The average Bonchev–Trinajstić information content (AvgIpc) is 2.35. The van der Waals surface area contributed by atoms with E-state index < -0.39 is 0 Å². The van der Waals surface area contributed by atoms with Crippen molar-refractivity contribution in [2.24, 2.45) is 5.84 Å². The van der Waals surface area contributed by atoms with Gasteiger partial charge in [0.05, 0.1) is 0 Å². The summed E-state index contributed by atoms with van der Waals surface area (Å²) < 4.78 is 0. The standard InChI is InChI=1S/C14H25N3/c1-3-4-5-6-7-10-14(17-15)13-9-8-11-16-12(13)2/h8-9,11,14,17H,3-7,10,15H2,1-2H3. The highest BCUT2D eigenvalue weighted by atomic mass is 15.2. The third-order valence-corrected chi connectivity index (χ3v) is 3.22. The monoisotopic (exact) mass is 235 g/mol. The van der Waals surface area contributed by atoms with Crippen molar-refractivity contribution in [1.82, 2.24) is 10.4 Å². The van der Waals surface area contributed by atoms with Crippen molar-refractivity contribution in [3.8, 4) is 0 Å². The molecule has 96 valence electrons. The fourth-order valence-corrected chi connectivity index (χ4v) is 2.15. The summed E-state index contributed by atoms with van der Waals surface area (Å²) in [6.45, 7) is 4.28. The first-order valence-corrected chi connectivity index (χ1v) is 6.67. The van der Waals surface area contributed by atoms with Crippen molar-refractivity contribution >= 4 is 0 Å². The van der Waals surface area contributed by atoms with Crippen LogP contribution in [0.1, 0.15) is 62.7 Å². The second-order valence-corrected chi connectivity index (χ2v) is 4.60. The van der Waals surface area contributed by atoms with E-state index in [4.69, 9.17) is 5.84 Å². The van der Waals surface area contributed by atoms with Gasteiger partial charge in [-0.3, -0.25) is 16.3 Å². The van der Waals surface area contributed by atoms with Gasteiger partial charge in [0.1, 0.15) is 0 Å². The van der Waals surface area contributed by atoms with E-state index in [0.29, 0.717) is 0 Å². The Morgan fingerprint density at radius 1 is 1.29 bits per heavy atom. The second-order valence-electron chi connectivity index (χ2n) is 4.60. The van der Waals surface area contributed by atoms with Crippen LogP contribution >= 0.6 is 0 Å². The van der Waals surface area contributed by atoms with Crippen LogP contribution in [0.5, 0.6) is 0 Å². The fraction of sp³-hybridized carbons (Fsp3) is 0.643. The second kappa shape index (κ2) is 8.20. The van der Waals surface area contributed by atoms with Crippen molar-refractivity contribution in [1.29, 1.82) is 0 Å².